The first-order valence-corrected chi connectivity index (χ1v) is 6.38. The fraction of sp³-hybridized carbons (Fsp3) is 0.636. The highest BCUT2D eigenvalue weighted by molar-refractivity contribution is 7.99. The van der Waals surface area contributed by atoms with Crippen LogP contribution >= 0.6 is 11.8 Å². The largest absolute Gasteiger partial charge is 0.472 e. The lowest BCUT2D eigenvalue weighted by atomic mass is 10.3. The molecule has 0 bridgehead atoms. The third-order valence-electron chi connectivity index (χ3n) is 1.97. The van der Waals surface area contributed by atoms with Crippen LogP contribution in [-0.4, -0.2) is 18.1 Å². The summed E-state index contributed by atoms with van der Waals surface area (Å²) < 4.78 is 4.98. The average Bonchev–Trinajstić information content (AvgIpc) is 2.69. The summed E-state index contributed by atoms with van der Waals surface area (Å²) in [6.07, 6.45) is 6.14. The van der Waals surface area contributed by atoms with Gasteiger partial charge in [-0.25, -0.2) is 0 Å². The molecule has 0 aliphatic rings. The third kappa shape index (κ3) is 5.35. The van der Waals surface area contributed by atoms with Crippen molar-refractivity contribution in [1.82, 2.24) is 5.32 Å². The predicted molar refractivity (Wildman–Crippen MR) is 62.6 cm³/mol. The number of furan rings is 1. The topological polar surface area (TPSA) is 25.2 Å². The summed E-state index contributed by atoms with van der Waals surface area (Å²) in [5.41, 5.74) is 1.23. The molecular weight excluding hydrogens is 194 g/mol. The zero-order valence-corrected chi connectivity index (χ0v) is 9.61. The van der Waals surface area contributed by atoms with Crippen molar-refractivity contribution >= 4 is 11.8 Å². The van der Waals surface area contributed by atoms with Crippen LogP contribution in [0.5, 0.6) is 0 Å². The van der Waals surface area contributed by atoms with Gasteiger partial charge < -0.3 is 9.73 Å². The molecule has 1 N–H and O–H groups in total. The van der Waals surface area contributed by atoms with E-state index in [-0.39, 0.29) is 0 Å². The van der Waals surface area contributed by atoms with Crippen molar-refractivity contribution in [2.24, 2.45) is 0 Å². The van der Waals surface area contributed by atoms with Gasteiger partial charge in [-0.1, -0.05) is 13.3 Å². The molecule has 0 amide bonds. The van der Waals surface area contributed by atoms with Crippen LogP contribution in [0.4, 0.5) is 0 Å². The molecule has 80 valence electrons. The van der Waals surface area contributed by atoms with Crippen LogP contribution in [0, 0.1) is 0 Å². The number of unbranched alkanes of at least 4 members (excludes halogenated alkanes) is 1. The summed E-state index contributed by atoms with van der Waals surface area (Å²) in [6.45, 7) is 4.24. The maximum absolute atomic E-state index is 4.98. The number of nitrogens with one attached hydrogen (secondary N) is 1. The molecule has 0 unspecified atom stereocenters. The Hall–Kier alpha value is -0.410. The van der Waals surface area contributed by atoms with Gasteiger partial charge in [-0.15, -0.1) is 0 Å². The van der Waals surface area contributed by atoms with Gasteiger partial charge in [0.05, 0.1) is 12.5 Å². The minimum atomic E-state index is 0.921. The molecule has 14 heavy (non-hydrogen) atoms. The van der Waals surface area contributed by atoms with E-state index >= 15 is 0 Å². The van der Waals surface area contributed by atoms with Gasteiger partial charge >= 0.3 is 0 Å². The second-order valence-corrected chi connectivity index (χ2v) is 4.50. The van der Waals surface area contributed by atoms with Crippen molar-refractivity contribution in [3.8, 4) is 0 Å². The van der Waals surface area contributed by atoms with Gasteiger partial charge in [-0.2, -0.15) is 11.8 Å². The lowest BCUT2D eigenvalue weighted by molar-refractivity contribution is 0.561. The minimum Gasteiger partial charge on any atom is -0.472 e. The third-order valence-corrected chi connectivity index (χ3v) is 3.04. The molecule has 0 aliphatic carbocycles. The van der Waals surface area contributed by atoms with E-state index in [9.17, 15) is 0 Å². The molecule has 0 aliphatic heterocycles. The average molecular weight is 213 g/mol. The SMILES string of the molecule is CCCCSCCNCc1ccoc1. The number of hydrogen-bond donors (Lipinski definition) is 1. The molecule has 0 spiro atoms. The van der Waals surface area contributed by atoms with Gasteiger partial charge in [0.2, 0.25) is 0 Å². The molecule has 0 radical (unpaired) electrons. The summed E-state index contributed by atoms with van der Waals surface area (Å²) in [7, 11) is 0. The summed E-state index contributed by atoms with van der Waals surface area (Å²) in [6, 6.07) is 2.00. The van der Waals surface area contributed by atoms with E-state index in [1.54, 1.807) is 12.5 Å². The first-order valence-electron chi connectivity index (χ1n) is 5.23. The van der Waals surface area contributed by atoms with Gasteiger partial charge in [0.1, 0.15) is 0 Å². The smallest absolute Gasteiger partial charge is 0.0947 e. The molecule has 0 atom stereocenters. The Bertz CT molecular complexity index is 211. The summed E-state index contributed by atoms with van der Waals surface area (Å²) in [5, 5.41) is 3.38. The Morgan fingerprint density at radius 2 is 2.36 bits per heavy atom. The van der Waals surface area contributed by atoms with E-state index in [1.807, 2.05) is 17.8 Å². The molecule has 0 aromatic carbocycles. The lowest BCUT2D eigenvalue weighted by Gasteiger charge is -2.02. The van der Waals surface area contributed by atoms with Gasteiger partial charge in [0.25, 0.3) is 0 Å². The van der Waals surface area contributed by atoms with Crippen molar-refractivity contribution in [3.63, 3.8) is 0 Å². The second-order valence-electron chi connectivity index (χ2n) is 3.27. The molecule has 0 fully saturated rings. The molecule has 1 heterocycles. The molecule has 1 aromatic heterocycles. The zero-order valence-electron chi connectivity index (χ0n) is 8.79. The number of thioether (sulfide) groups is 1. The standard InChI is InChI=1S/C11H19NOS/c1-2-3-7-14-8-5-12-9-11-4-6-13-10-11/h4,6,10,12H,2-3,5,7-9H2,1H3. The van der Waals surface area contributed by atoms with Crippen LogP contribution in [0.15, 0.2) is 23.0 Å². The van der Waals surface area contributed by atoms with E-state index in [1.165, 1.54) is 29.9 Å². The first kappa shape index (κ1) is 11.7. The molecule has 1 rings (SSSR count). The highest BCUT2D eigenvalue weighted by Crippen LogP contribution is 2.03. The number of rotatable bonds is 8. The van der Waals surface area contributed by atoms with Gasteiger partial charge in [-0.3, -0.25) is 0 Å². The van der Waals surface area contributed by atoms with Crippen LogP contribution in [0.1, 0.15) is 25.3 Å². The van der Waals surface area contributed by atoms with Crippen molar-refractivity contribution in [1.29, 1.82) is 0 Å². The first-order chi connectivity index (χ1) is 6.93. The van der Waals surface area contributed by atoms with Crippen LogP contribution in [0.25, 0.3) is 0 Å². The zero-order chi connectivity index (χ0) is 10.1. The molecule has 1 aromatic rings. The van der Waals surface area contributed by atoms with Gasteiger partial charge in [0.15, 0.2) is 0 Å². The van der Waals surface area contributed by atoms with E-state index in [4.69, 9.17) is 4.42 Å². The highest BCUT2D eigenvalue weighted by atomic mass is 32.2. The highest BCUT2D eigenvalue weighted by Gasteiger charge is 1.93. The van der Waals surface area contributed by atoms with Crippen LogP contribution in [0.3, 0.4) is 0 Å². The van der Waals surface area contributed by atoms with E-state index < -0.39 is 0 Å². The lowest BCUT2D eigenvalue weighted by Crippen LogP contribution is -2.16. The predicted octanol–water partition coefficient (Wildman–Crippen LogP) is 2.90. The monoisotopic (exact) mass is 213 g/mol. The van der Waals surface area contributed by atoms with Crippen LogP contribution in [-0.2, 0) is 6.54 Å². The van der Waals surface area contributed by atoms with Crippen LogP contribution < -0.4 is 5.32 Å². The fourth-order valence-electron chi connectivity index (χ4n) is 1.12. The Labute approximate surface area is 90.5 Å². The van der Waals surface area contributed by atoms with Crippen molar-refractivity contribution < 1.29 is 4.42 Å². The van der Waals surface area contributed by atoms with E-state index in [0.29, 0.717) is 0 Å². The normalized spacial score (nSPS) is 10.6. The summed E-state index contributed by atoms with van der Waals surface area (Å²) in [4.78, 5) is 0. The van der Waals surface area contributed by atoms with E-state index in [0.717, 1.165) is 13.1 Å². The fourth-order valence-corrected chi connectivity index (χ4v) is 2.10. The Morgan fingerprint density at radius 3 is 3.07 bits per heavy atom. The maximum atomic E-state index is 4.98. The molecule has 0 saturated carbocycles. The molecule has 0 saturated heterocycles. The van der Waals surface area contributed by atoms with E-state index in [2.05, 4.69) is 12.2 Å². The van der Waals surface area contributed by atoms with Crippen molar-refractivity contribution in [3.05, 3.63) is 24.2 Å². The summed E-state index contributed by atoms with van der Waals surface area (Å²) in [5.74, 6) is 2.50. The van der Waals surface area contributed by atoms with Crippen molar-refractivity contribution in [2.45, 2.75) is 26.3 Å². The summed E-state index contributed by atoms with van der Waals surface area (Å²) >= 11 is 2.03. The Kier molecular flexibility index (Phi) is 6.62. The maximum Gasteiger partial charge on any atom is 0.0947 e. The minimum absolute atomic E-state index is 0.921. The Balaban J connectivity index is 1.85. The van der Waals surface area contributed by atoms with Crippen LogP contribution in [0.2, 0.25) is 0 Å². The van der Waals surface area contributed by atoms with Gasteiger partial charge in [0, 0.05) is 24.4 Å². The quantitative estimate of drug-likeness (QED) is 0.672. The number of hydrogen-bond acceptors (Lipinski definition) is 3. The van der Waals surface area contributed by atoms with Crippen molar-refractivity contribution in [2.75, 3.05) is 18.1 Å². The van der Waals surface area contributed by atoms with Gasteiger partial charge in [-0.05, 0) is 18.2 Å². The molecule has 2 nitrogen and oxygen atoms in total. The molecule has 3 heteroatoms. The molecular formula is C11H19NOS. The Morgan fingerprint density at radius 1 is 1.43 bits per heavy atom. The second kappa shape index (κ2) is 7.94.